The predicted octanol–water partition coefficient (Wildman–Crippen LogP) is 1.68. The number of nitrogens with zero attached hydrogens (tertiary/aromatic N) is 2. The van der Waals surface area contributed by atoms with Gasteiger partial charge in [-0.2, -0.15) is 0 Å². The van der Waals surface area contributed by atoms with Crippen LogP contribution in [0.5, 0.6) is 11.5 Å². The summed E-state index contributed by atoms with van der Waals surface area (Å²) in [5, 5.41) is 7.77. The molecular weight excluding hydrogens is 246 g/mol. The van der Waals surface area contributed by atoms with E-state index in [2.05, 4.69) is 10.2 Å². The van der Waals surface area contributed by atoms with Crippen molar-refractivity contribution in [3.05, 3.63) is 35.5 Å². The summed E-state index contributed by atoms with van der Waals surface area (Å²) in [5.74, 6) is 2.50. The van der Waals surface area contributed by atoms with Crippen LogP contribution in [-0.4, -0.2) is 17.3 Å². The van der Waals surface area contributed by atoms with Crippen LogP contribution in [-0.2, 0) is 19.6 Å². The molecule has 6 nitrogen and oxygen atoms in total. The molecule has 0 fully saturated rings. The van der Waals surface area contributed by atoms with E-state index in [1.165, 1.54) is 0 Å². The molecule has 1 heterocycles. The van der Waals surface area contributed by atoms with Crippen LogP contribution in [0.3, 0.4) is 0 Å². The fourth-order valence-corrected chi connectivity index (χ4v) is 1.61. The lowest BCUT2D eigenvalue weighted by atomic mass is 10.2. The largest absolute Gasteiger partial charge is 0.497 e. The number of hydrogen-bond donors (Lipinski definition) is 1. The molecule has 0 radical (unpaired) electrons. The van der Waals surface area contributed by atoms with Crippen molar-refractivity contribution in [2.75, 3.05) is 7.11 Å². The first kappa shape index (κ1) is 13.4. The van der Waals surface area contributed by atoms with Gasteiger partial charge in [-0.15, -0.1) is 10.2 Å². The maximum absolute atomic E-state index is 5.68. The van der Waals surface area contributed by atoms with Gasteiger partial charge in [0.05, 0.1) is 7.11 Å². The number of rotatable bonds is 6. The summed E-state index contributed by atoms with van der Waals surface area (Å²) < 4.78 is 16.1. The third kappa shape index (κ3) is 3.23. The van der Waals surface area contributed by atoms with E-state index < -0.39 is 0 Å². The molecule has 0 atom stereocenters. The van der Waals surface area contributed by atoms with E-state index in [-0.39, 0.29) is 6.61 Å². The summed E-state index contributed by atoms with van der Waals surface area (Å²) >= 11 is 0. The van der Waals surface area contributed by atoms with Crippen LogP contribution in [0, 0.1) is 0 Å². The molecule has 2 rings (SSSR count). The first-order valence-corrected chi connectivity index (χ1v) is 6.07. The minimum Gasteiger partial charge on any atom is -0.497 e. The lowest BCUT2D eigenvalue weighted by Crippen LogP contribution is -2.03. The molecule has 6 heteroatoms. The highest BCUT2D eigenvalue weighted by Crippen LogP contribution is 2.24. The van der Waals surface area contributed by atoms with E-state index in [0.717, 1.165) is 11.3 Å². The van der Waals surface area contributed by atoms with Crippen LogP contribution >= 0.6 is 0 Å². The molecule has 0 aliphatic heterocycles. The molecule has 0 aliphatic carbocycles. The molecule has 19 heavy (non-hydrogen) atoms. The number of nitrogens with two attached hydrogens (primary N) is 1. The van der Waals surface area contributed by atoms with Gasteiger partial charge in [0, 0.05) is 18.5 Å². The van der Waals surface area contributed by atoms with Crippen molar-refractivity contribution >= 4 is 0 Å². The minimum atomic E-state index is 0.229. The normalized spacial score (nSPS) is 10.5. The van der Waals surface area contributed by atoms with Gasteiger partial charge in [0.25, 0.3) is 5.89 Å². The lowest BCUT2D eigenvalue weighted by Gasteiger charge is -2.10. The smallest absolute Gasteiger partial charge is 0.253 e. The molecule has 0 saturated carbocycles. The van der Waals surface area contributed by atoms with Crippen LogP contribution in [0.15, 0.2) is 22.6 Å². The lowest BCUT2D eigenvalue weighted by molar-refractivity contribution is 0.256. The van der Waals surface area contributed by atoms with Crippen LogP contribution in [0.4, 0.5) is 0 Å². The third-order valence-electron chi connectivity index (χ3n) is 2.65. The molecule has 0 aliphatic rings. The fraction of sp³-hybridized carbons (Fsp3) is 0.385. The number of methoxy groups -OCH3 is 1. The second-order valence-corrected chi connectivity index (χ2v) is 3.91. The summed E-state index contributed by atoms with van der Waals surface area (Å²) in [6, 6.07) is 5.48. The Balaban J connectivity index is 2.06. The van der Waals surface area contributed by atoms with Gasteiger partial charge in [-0.3, -0.25) is 0 Å². The van der Waals surface area contributed by atoms with Gasteiger partial charge >= 0.3 is 0 Å². The number of aryl methyl sites for hydroxylation is 1. The van der Waals surface area contributed by atoms with E-state index in [0.29, 0.717) is 30.5 Å². The zero-order chi connectivity index (χ0) is 13.7. The van der Waals surface area contributed by atoms with Crippen LogP contribution < -0.4 is 15.2 Å². The molecule has 0 unspecified atom stereocenters. The maximum atomic E-state index is 5.68. The van der Waals surface area contributed by atoms with Crippen molar-refractivity contribution in [3.8, 4) is 11.5 Å². The van der Waals surface area contributed by atoms with E-state index in [1.807, 2.05) is 25.1 Å². The standard InChI is InChI=1S/C13H17N3O3/c1-3-12-15-16-13(19-12)8-18-11-5-4-10(17-2)6-9(11)7-14/h4-6H,3,7-8,14H2,1-2H3. The van der Waals surface area contributed by atoms with Gasteiger partial charge in [0.2, 0.25) is 5.89 Å². The zero-order valence-electron chi connectivity index (χ0n) is 11.0. The van der Waals surface area contributed by atoms with Crippen molar-refractivity contribution in [2.45, 2.75) is 26.5 Å². The number of aromatic nitrogens is 2. The maximum Gasteiger partial charge on any atom is 0.253 e. The molecule has 0 saturated heterocycles. The Morgan fingerprint density at radius 2 is 2.05 bits per heavy atom. The average molecular weight is 263 g/mol. The third-order valence-corrected chi connectivity index (χ3v) is 2.65. The SMILES string of the molecule is CCc1nnc(COc2ccc(OC)cc2CN)o1. The predicted molar refractivity (Wildman–Crippen MR) is 68.9 cm³/mol. The van der Waals surface area contributed by atoms with Gasteiger partial charge in [-0.05, 0) is 18.2 Å². The van der Waals surface area contributed by atoms with Crippen molar-refractivity contribution in [3.63, 3.8) is 0 Å². The summed E-state index contributed by atoms with van der Waals surface area (Å²) in [4.78, 5) is 0. The fourth-order valence-electron chi connectivity index (χ4n) is 1.61. The van der Waals surface area contributed by atoms with Gasteiger partial charge in [-0.25, -0.2) is 0 Å². The second kappa shape index (κ2) is 6.19. The summed E-state index contributed by atoms with van der Waals surface area (Å²) in [5.41, 5.74) is 6.55. The van der Waals surface area contributed by atoms with E-state index >= 15 is 0 Å². The van der Waals surface area contributed by atoms with E-state index in [1.54, 1.807) is 7.11 Å². The first-order valence-electron chi connectivity index (χ1n) is 6.07. The van der Waals surface area contributed by atoms with Gasteiger partial charge in [0.15, 0.2) is 6.61 Å². The number of hydrogen-bond acceptors (Lipinski definition) is 6. The molecular formula is C13H17N3O3. The van der Waals surface area contributed by atoms with E-state index in [9.17, 15) is 0 Å². The minimum absolute atomic E-state index is 0.229. The highest BCUT2D eigenvalue weighted by atomic mass is 16.5. The Kier molecular flexibility index (Phi) is 4.35. The first-order chi connectivity index (χ1) is 9.26. The Morgan fingerprint density at radius 3 is 2.68 bits per heavy atom. The molecule has 0 amide bonds. The van der Waals surface area contributed by atoms with Gasteiger partial charge in [-0.1, -0.05) is 6.92 Å². The average Bonchev–Trinajstić information content (AvgIpc) is 2.92. The Labute approximate surface area is 111 Å². The summed E-state index contributed by atoms with van der Waals surface area (Å²) in [7, 11) is 1.61. The summed E-state index contributed by atoms with van der Waals surface area (Å²) in [6.07, 6.45) is 0.712. The number of ether oxygens (including phenoxy) is 2. The van der Waals surface area contributed by atoms with Crippen LogP contribution in [0.2, 0.25) is 0 Å². The zero-order valence-corrected chi connectivity index (χ0v) is 11.0. The van der Waals surface area contributed by atoms with Crippen molar-refractivity contribution in [1.29, 1.82) is 0 Å². The monoisotopic (exact) mass is 263 g/mol. The van der Waals surface area contributed by atoms with Crippen LogP contribution in [0.1, 0.15) is 24.3 Å². The van der Waals surface area contributed by atoms with Gasteiger partial charge < -0.3 is 19.6 Å². The van der Waals surface area contributed by atoms with E-state index in [4.69, 9.17) is 19.6 Å². The topological polar surface area (TPSA) is 83.4 Å². The molecule has 2 aromatic rings. The van der Waals surface area contributed by atoms with Crippen molar-refractivity contribution in [1.82, 2.24) is 10.2 Å². The Bertz CT molecular complexity index is 540. The molecule has 0 spiro atoms. The molecule has 2 N–H and O–H groups in total. The van der Waals surface area contributed by atoms with Crippen LogP contribution in [0.25, 0.3) is 0 Å². The van der Waals surface area contributed by atoms with Crippen molar-refractivity contribution < 1.29 is 13.9 Å². The Hall–Kier alpha value is -2.08. The molecule has 1 aromatic heterocycles. The number of benzene rings is 1. The summed E-state index contributed by atoms with van der Waals surface area (Å²) in [6.45, 7) is 2.55. The van der Waals surface area contributed by atoms with Gasteiger partial charge in [0.1, 0.15) is 11.5 Å². The second-order valence-electron chi connectivity index (χ2n) is 3.91. The Morgan fingerprint density at radius 1 is 1.26 bits per heavy atom. The van der Waals surface area contributed by atoms with Crippen molar-refractivity contribution in [2.24, 2.45) is 5.73 Å². The quantitative estimate of drug-likeness (QED) is 0.853. The highest BCUT2D eigenvalue weighted by Gasteiger charge is 2.08. The molecule has 1 aromatic carbocycles. The highest BCUT2D eigenvalue weighted by molar-refractivity contribution is 5.40. The molecule has 0 bridgehead atoms. The molecule has 102 valence electrons.